The fourth-order valence-corrected chi connectivity index (χ4v) is 3.16. The van der Waals surface area contributed by atoms with Crippen molar-refractivity contribution in [3.8, 4) is 11.4 Å². The van der Waals surface area contributed by atoms with E-state index in [1.807, 2.05) is 55.5 Å². The molecule has 1 amide bonds. The van der Waals surface area contributed by atoms with E-state index in [4.69, 9.17) is 0 Å². The second-order valence-corrected chi connectivity index (χ2v) is 6.22. The van der Waals surface area contributed by atoms with Crippen LogP contribution in [0.15, 0.2) is 54.6 Å². The molecule has 24 heavy (non-hydrogen) atoms. The fraction of sp³-hybridized carbons (Fsp3) is 0.0588. The minimum absolute atomic E-state index is 0.181. The number of amides is 1. The first-order valence-corrected chi connectivity index (χ1v) is 8.18. The van der Waals surface area contributed by atoms with Gasteiger partial charge in [0.05, 0.1) is 0 Å². The van der Waals surface area contributed by atoms with Gasteiger partial charge in [-0.2, -0.15) is 4.52 Å². The van der Waals surface area contributed by atoms with Crippen LogP contribution in [0.3, 0.4) is 0 Å². The molecular weight excluding hydrogens is 322 g/mol. The Morgan fingerprint density at radius 3 is 2.58 bits per heavy atom. The summed E-state index contributed by atoms with van der Waals surface area (Å²) < 4.78 is 1.65. The van der Waals surface area contributed by atoms with Crippen LogP contribution in [0.2, 0.25) is 0 Å². The van der Waals surface area contributed by atoms with Gasteiger partial charge in [0.2, 0.25) is 10.1 Å². The minimum atomic E-state index is -0.181. The van der Waals surface area contributed by atoms with E-state index in [0.29, 0.717) is 21.5 Å². The van der Waals surface area contributed by atoms with Crippen LogP contribution in [-0.4, -0.2) is 25.7 Å². The van der Waals surface area contributed by atoms with Gasteiger partial charge in [-0.15, -0.1) is 15.3 Å². The monoisotopic (exact) mass is 335 g/mol. The predicted octanol–water partition coefficient (Wildman–Crippen LogP) is 3.41. The van der Waals surface area contributed by atoms with E-state index in [1.54, 1.807) is 10.6 Å². The molecule has 4 aromatic rings. The molecule has 118 valence electrons. The standard InChI is InChI=1S/C17H13N5OS/c1-11-7-5-6-10-13(11)15(23)18-16-21-22-14(19-20-17(22)24-16)12-8-3-2-4-9-12/h2-10H,1H3,(H,18,21,23). The Labute approximate surface area is 141 Å². The fourth-order valence-electron chi connectivity index (χ4n) is 2.43. The van der Waals surface area contributed by atoms with E-state index in [9.17, 15) is 4.79 Å². The Kier molecular flexibility index (Phi) is 3.55. The molecule has 0 spiro atoms. The van der Waals surface area contributed by atoms with Gasteiger partial charge < -0.3 is 0 Å². The molecule has 6 nitrogen and oxygen atoms in total. The zero-order chi connectivity index (χ0) is 16.5. The summed E-state index contributed by atoms with van der Waals surface area (Å²) in [5, 5.41) is 16.0. The lowest BCUT2D eigenvalue weighted by Gasteiger charge is -2.04. The van der Waals surface area contributed by atoms with Gasteiger partial charge in [0, 0.05) is 11.1 Å². The molecule has 0 aliphatic carbocycles. The second-order valence-electron chi connectivity index (χ2n) is 5.26. The van der Waals surface area contributed by atoms with Gasteiger partial charge in [-0.25, -0.2) is 0 Å². The van der Waals surface area contributed by atoms with Gasteiger partial charge in [0.25, 0.3) is 5.91 Å². The van der Waals surface area contributed by atoms with Crippen LogP contribution in [0, 0.1) is 6.92 Å². The number of hydrogen-bond donors (Lipinski definition) is 1. The number of aromatic nitrogens is 4. The Morgan fingerprint density at radius 2 is 1.79 bits per heavy atom. The summed E-state index contributed by atoms with van der Waals surface area (Å²) in [7, 11) is 0. The van der Waals surface area contributed by atoms with Crippen LogP contribution in [-0.2, 0) is 0 Å². The highest BCUT2D eigenvalue weighted by molar-refractivity contribution is 7.20. The summed E-state index contributed by atoms with van der Waals surface area (Å²) in [5.74, 6) is 0.470. The van der Waals surface area contributed by atoms with Crippen LogP contribution in [0.5, 0.6) is 0 Å². The highest BCUT2D eigenvalue weighted by atomic mass is 32.1. The van der Waals surface area contributed by atoms with Crippen LogP contribution in [0.4, 0.5) is 5.13 Å². The van der Waals surface area contributed by atoms with Gasteiger partial charge in [-0.05, 0) is 18.6 Å². The molecule has 0 bridgehead atoms. The van der Waals surface area contributed by atoms with E-state index in [1.165, 1.54) is 11.3 Å². The maximum atomic E-state index is 12.4. The average molecular weight is 335 g/mol. The lowest BCUT2D eigenvalue weighted by Crippen LogP contribution is -2.13. The first-order valence-electron chi connectivity index (χ1n) is 7.37. The van der Waals surface area contributed by atoms with E-state index in [2.05, 4.69) is 20.6 Å². The number of carbonyl (C=O) groups excluding carboxylic acids is 1. The molecule has 2 heterocycles. The normalized spacial score (nSPS) is 10.9. The van der Waals surface area contributed by atoms with E-state index in [0.717, 1.165) is 11.1 Å². The molecule has 7 heteroatoms. The van der Waals surface area contributed by atoms with Gasteiger partial charge in [0.15, 0.2) is 5.82 Å². The molecule has 0 aliphatic heterocycles. The highest BCUT2D eigenvalue weighted by Gasteiger charge is 2.16. The maximum absolute atomic E-state index is 12.4. The molecule has 0 fully saturated rings. The Balaban J connectivity index is 1.66. The van der Waals surface area contributed by atoms with Crippen molar-refractivity contribution in [2.24, 2.45) is 0 Å². The molecule has 0 saturated heterocycles. The van der Waals surface area contributed by atoms with E-state index < -0.39 is 0 Å². The van der Waals surface area contributed by atoms with Crippen molar-refractivity contribution in [3.63, 3.8) is 0 Å². The van der Waals surface area contributed by atoms with Crippen molar-refractivity contribution in [2.45, 2.75) is 6.92 Å². The number of rotatable bonds is 3. The Morgan fingerprint density at radius 1 is 1.04 bits per heavy atom. The topological polar surface area (TPSA) is 72.2 Å². The molecular formula is C17H13N5OS. The number of benzene rings is 2. The van der Waals surface area contributed by atoms with Gasteiger partial charge >= 0.3 is 0 Å². The molecule has 0 unspecified atom stereocenters. The van der Waals surface area contributed by atoms with Crippen LogP contribution < -0.4 is 5.32 Å². The van der Waals surface area contributed by atoms with Crippen molar-refractivity contribution in [1.82, 2.24) is 19.8 Å². The van der Waals surface area contributed by atoms with Crippen LogP contribution >= 0.6 is 11.3 Å². The molecule has 0 radical (unpaired) electrons. The minimum Gasteiger partial charge on any atom is -0.296 e. The van der Waals surface area contributed by atoms with Crippen molar-refractivity contribution >= 4 is 27.3 Å². The number of hydrogen-bond acceptors (Lipinski definition) is 5. The Hall–Kier alpha value is -3.06. The summed E-state index contributed by atoms with van der Waals surface area (Å²) >= 11 is 1.29. The number of aryl methyl sites for hydroxylation is 1. The van der Waals surface area contributed by atoms with Crippen molar-refractivity contribution in [2.75, 3.05) is 5.32 Å². The Bertz CT molecular complexity index is 1020. The van der Waals surface area contributed by atoms with Crippen molar-refractivity contribution < 1.29 is 4.79 Å². The molecule has 2 aromatic carbocycles. The second kappa shape index (κ2) is 5.86. The average Bonchev–Trinajstić information content (AvgIpc) is 3.16. The third-order valence-electron chi connectivity index (χ3n) is 3.63. The number of carbonyl (C=O) groups is 1. The molecule has 0 saturated carbocycles. The number of fused-ring (bicyclic) bond motifs is 1. The summed E-state index contributed by atoms with van der Waals surface area (Å²) in [4.78, 5) is 13.0. The number of nitrogens with one attached hydrogen (secondary N) is 1. The third kappa shape index (κ3) is 2.55. The largest absolute Gasteiger partial charge is 0.296 e. The molecule has 0 aliphatic rings. The predicted molar refractivity (Wildman–Crippen MR) is 93.2 cm³/mol. The lowest BCUT2D eigenvalue weighted by molar-refractivity contribution is 0.102. The van der Waals surface area contributed by atoms with Gasteiger partial charge in [0.1, 0.15) is 0 Å². The summed E-state index contributed by atoms with van der Waals surface area (Å²) in [6.45, 7) is 1.90. The maximum Gasteiger partial charge on any atom is 0.257 e. The quantitative estimate of drug-likeness (QED) is 0.623. The van der Waals surface area contributed by atoms with Gasteiger partial charge in [-0.1, -0.05) is 59.9 Å². The highest BCUT2D eigenvalue weighted by Crippen LogP contribution is 2.24. The SMILES string of the molecule is Cc1ccccc1C(=O)Nc1nn2c(-c3ccccc3)nnc2s1. The lowest BCUT2D eigenvalue weighted by atomic mass is 10.1. The summed E-state index contributed by atoms with van der Waals surface area (Å²) in [6, 6.07) is 17.1. The zero-order valence-corrected chi connectivity index (χ0v) is 13.6. The molecule has 2 aromatic heterocycles. The first-order chi connectivity index (χ1) is 11.7. The van der Waals surface area contributed by atoms with Crippen molar-refractivity contribution in [3.05, 3.63) is 65.7 Å². The van der Waals surface area contributed by atoms with Crippen LogP contribution in [0.1, 0.15) is 15.9 Å². The number of nitrogens with zero attached hydrogens (tertiary/aromatic N) is 4. The first kappa shape index (κ1) is 14.5. The third-order valence-corrected chi connectivity index (χ3v) is 4.45. The molecule has 4 rings (SSSR count). The van der Waals surface area contributed by atoms with Gasteiger partial charge in [-0.3, -0.25) is 10.1 Å². The zero-order valence-electron chi connectivity index (χ0n) is 12.8. The molecule has 1 N–H and O–H groups in total. The van der Waals surface area contributed by atoms with E-state index in [-0.39, 0.29) is 5.91 Å². The summed E-state index contributed by atoms with van der Waals surface area (Å²) in [5.41, 5.74) is 2.47. The smallest absolute Gasteiger partial charge is 0.257 e. The van der Waals surface area contributed by atoms with Crippen molar-refractivity contribution in [1.29, 1.82) is 0 Å². The summed E-state index contributed by atoms with van der Waals surface area (Å²) in [6.07, 6.45) is 0. The van der Waals surface area contributed by atoms with Crippen LogP contribution in [0.25, 0.3) is 16.3 Å². The molecule has 0 atom stereocenters. The number of anilines is 1. The van der Waals surface area contributed by atoms with E-state index >= 15 is 0 Å².